The molecule has 0 spiro atoms. The van der Waals surface area contributed by atoms with Gasteiger partial charge in [-0.1, -0.05) is 53.8 Å². The van der Waals surface area contributed by atoms with Crippen molar-refractivity contribution in [2.75, 3.05) is 12.4 Å². The molecule has 0 saturated heterocycles. The van der Waals surface area contributed by atoms with Crippen molar-refractivity contribution in [3.05, 3.63) is 161 Å². The molecule has 1 aromatic heterocycles. The highest BCUT2D eigenvalue weighted by Crippen LogP contribution is 2.32. The van der Waals surface area contributed by atoms with E-state index in [0.29, 0.717) is 43.4 Å². The van der Waals surface area contributed by atoms with E-state index >= 15 is 0 Å². The average Bonchev–Trinajstić information content (AvgIpc) is 3.37. The fourth-order valence-electron chi connectivity index (χ4n) is 5.18. The summed E-state index contributed by atoms with van der Waals surface area (Å²) in [7, 11) is 1.57. The van der Waals surface area contributed by atoms with E-state index in [-0.39, 0.29) is 23.8 Å². The van der Waals surface area contributed by atoms with Crippen LogP contribution in [0.2, 0.25) is 0 Å². The minimum Gasteiger partial charge on any atom is -0.497 e. The van der Waals surface area contributed by atoms with Gasteiger partial charge < -0.3 is 14.8 Å². The highest BCUT2D eigenvalue weighted by molar-refractivity contribution is 7.07. The molecule has 2 heterocycles. The van der Waals surface area contributed by atoms with E-state index in [2.05, 4.69) is 5.32 Å². The second kappa shape index (κ2) is 13.0. The summed E-state index contributed by atoms with van der Waals surface area (Å²) in [6.45, 7) is 1.99. The highest BCUT2D eigenvalue weighted by atomic mass is 32.1. The molecule has 1 atom stereocenters. The van der Waals surface area contributed by atoms with E-state index in [9.17, 15) is 19.7 Å². The summed E-state index contributed by atoms with van der Waals surface area (Å²) >= 11 is 1.24. The molecule has 0 radical (unpaired) electrons. The third-order valence-electron chi connectivity index (χ3n) is 7.42. The number of rotatable bonds is 9. The van der Waals surface area contributed by atoms with Crippen molar-refractivity contribution in [1.82, 2.24) is 4.57 Å². The Morgan fingerprint density at radius 2 is 1.74 bits per heavy atom. The predicted octanol–water partition coefficient (Wildman–Crippen LogP) is 5.37. The lowest BCUT2D eigenvalue weighted by Crippen LogP contribution is -2.40. The zero-order valence-corrected chi connectivity index (χ0v) is 25.7. The molecular weight excluding hydrogens is 604 g/mol. The molecule has 1 aliphatic heterocycles. The summed E-state index contributed by atoms with van der Waals surface area (Å²) in [5, 5.41) is 13.9. The van der Waals surface area contributed by atoms with Crippen LogP contribution in [0.5, 0.6) is 11.5 Å². The van der Waals surface area contributed by atoms with E-state index in [0.717, 1.165) is 11.1 Å². The maximum Gasteiger partial charge on any atom is 0.271 e. The van der Waals surface area contributed by atoms with Gasteiger partial charge >= 0.3 is 0 Å². The quantitative estimate of drug-likeness (QED) is 0.172. The number of nitrogens with one attached hydrogen (secondary N) is 1. The maximum absolute atomic E-state index is 14.1. The fourth-order valence-corrected chi connectivity index (χ4v) is 6.23. The number of nitro groups is 1. The molecule has 1 N–H and O–H groups in total. The number of para-hydroxylation sites is 1. The summed E-state index contributed by atoms with van der Waals surface area (Å²) in [5.41, 5.74) is 3.46. The molecule has 6 rings (SSSR count). The molecule has 10 nitrogen and oxygen atoms in total. The van der Waals surface area contributed by atoms with Gasteiger partial charge in [0.25, 0.3) is 17.2 Å². The van der Waals surface area contributed by atoms with Crippen LogP contribution in [0.3, 0.4) is 0 Å². The average molecular weight is 633 g/mol. The first kappa shape index (κ1) is 30.2. The van der Waals surface area contributed by atoms with Gasteiger partial charge in [0.1, 0.15) is 18.1 Å². The minimum atomic E-state index is -0.742. The smallest absolute Gasteiger partial charge is 0.271 e. The fraction of sp³-hybridized carbons (Fsp3) is 0.114. The number of nitrogens with zero attached hydrogens (tertiary/aromatic N) is 3. The summed E-state index contributed by atoms with van der Waals surface area (Å²) in [4.78, 5) is 43.5. The van der Waals surface area contributed by atoms with Crippen molar-refractivity contribution in [1.29, 1.82) is 0 Å². The molecule has 1 amide bonds. The third kappa shape index (κ3) is 6.35. The Morgan fingerprint density at radius 1 is 1.00 bits per heavy atom. The highest BCUT2D eigenvalue weighted by Gasteiger charge is 2.32. The molecule has 1 aliphatic rings. The van der Waals surface area contributed by atoms with Crippen LogP contribution in [0.4, 0.5) is 11.4 Å². The van der Waals surface area contributed by atoms with Crippen LogP contribution in [0.1, 0.15) is 29.7 Å². The van der Waals surface area contributed by atoms with Crippen LogP contribution in [-0.4, -0.2) is 22.5 Å². The zero-order valence-electron chi connectivity index (χ0n) is 24.9. The topological polar surface area (TPSA) is 125 Å². The van der Waals surface area contributed by atoms with Gasteiger partial charge in [-0.05, 0) is 78.2 Å². The molecule has 4 aromatic carbocycles. The lowest BCUT2D eigenvalue weighted by molar-refractivity contribution is -0.384. The van der Waals surface area contributed by atoms with Gasteiger partial charge in [-0.25, -0.2) is 4.99 Å². The molecule has 0 aliphatic carbocycles. The Balaban J connectivity index is 1.35. The van der Waals surface area contributed by atoms with Crippen LogP contribution in [-0.2, 0) is 11.4 Å². The normalized spacial score (nSPS) is 14.3. The first-order chi connectivity index (χ1) is 22.3. The van der Waals surface area contributed by atoms with Crippen molar-refractivity contribution in [3.63, 3.8) is 0 Å². The lowest BCUT2D eigenvalue weighted by atomic mass is 9.95. The molecule has 0 fully saturated rings. The lowest BCUT2D eigenvalue weighted by Gasteiger charge is -2.25. The van der Waals surface area contributed by atoms with Gasteiger partial charge in [0.2, 0.25) is 0 Å². The van der Waals surface area contributed by atoms with Crippen molar-refractivity contribution in [2.24, 2.45) is 4.99 Å². The third-order valence-corrected chi connectivity index (χ3v) is 8.40. The Morgan fingerprint density at radius 3 is 2.48 bits per heavy atom. The second-order valence-corrected chi connectivity index (χ2v) is 11.5. The summed E-state index contributed by atoms with van der Waals surface area (Å²) in [6.07, 6.45) is 1.77. The molecule has 5 aromatic rings. The number of thiazole rings is 1. The molecular formula is C35H28N4O6S. The number of anilines is 1. The van der Waals surface area contributed by atoms with Crippen molar-refractivity contribution in [2.45, 2.75) is 19.6 Å². The standard InChI is InChI=1S/C35H28N4O6S/c1-22-31(33(40)37-26-10-4-3-5-11-26)32(25-9-7-12-28(20-25)44-2)38-34(41)30(46-35(38)36-22)19-24-8-6-13-29(18-24)45-21-23-14-16-27(17-15-23)39(42)43/h3-20,32H,21H2,1-2H3,(H,37,40)/b30-19-/t32-/m1/s1. The summed E-state index contributed by atoms with van der Waals surface area (Å²) in [6, 6.07) is 29.2. The van der Waals surface area contributed by atoms with Crippen molar-refractivity contribution < 1.29 is 19.2 Å². The van der Waals surface area contributed by atoms with Gasteiger partial charge in [-0.2, -0.15) is 0 Å². The summed E-state index contributed by atoms with van der Waals surface area (Å²) in [5.74, 6) is 0.819. The Kier molecular flexibility index (Phi) is 8.57. The number of carbonyl (C=O) groups excluding carboxylic acids is 1. The van der Waals surface area contributed by atoms with E-state index in [1.165, 1.54) is 23.5 Å². The molecule has 46 heavy (non-hydrogen) atoms. The number of nitro benzene ring substituents is 1. The first-order valence-corrected chi connectivity index (χ1v) is 15.1. The number of hydrogen-bond donors (Lipinski definition) is 1. The van der Waals surface area contributed by atoms with Crippen molar-refractivity contribution >= 4 is 34.7 Å². The molecule has 0 bridgehead atoms. The first-order valence-electron chi connectivity index (χ1n) is 14.3. The van der Waals surface area contributed by atoms with Crippen LogP contribution in [0.25, 0.3) is 6.08 Å². The number of amides is 1. The second-order valence-electron chi connectivity index (χ2n) is 10.5. The van der Waals surface area contributed by atoms with Crippen LogP contribution in [0, 0.1) is 10.1 Å². The van der Waals surface area contributed by atoms with Gasteiger partial charge in [0.05, 0.1) is 33.9 Å². The Hall–Kier alpha value is -5.81. The monoisotopic (exact) mass is 632 g/mol. The number of methoxy groups -OCH3 is 1. The van der Waals surface area contributed by atoms with Crippen molar-refractivity contribution in [3.8, 4) is 11.5 Å². The predicted molar refractivity (Wildman–Crippen MR) is 176 cm³/mol. The summed E-state index contributed by atoms with van der Waals surface area (Å²) < 4.78 is 13.4. The van der Waals surface area contributed by atoms with Gasteiger partial charge in [-0.15, -0.1) is 0 Å². The SMILES string of the molecule is COc1cccc([C@@H]2C(C(=O)Nc3ccccc3)=C(C)N=c3s/c(=C\c4cccc(OCc5ccc([N+](=O)[O-])cc5)c4)c(=O)n32)c1. The van der Waals surface area contributed by atoms with Crippen LogP contribution < -0.4 is 29.7 Å². The van der Waals surface area contributed by atoms with E-state index in [4.69, 9.17) is 14.5 Å². The van der Waals surface area contributed by atoms with Crippen LogP contribution in [0.15, 0.2) is 124 Å². The van der Waals surface area contributed by atoms with E-state index in [1.807, 2.05) is 60.7 Å². The number of aromatic nitrogens is 1. The number of fused-ring (bicyclic) bond motifs is 1. The number of benzene rings is 4. The van der Waals surface area contributed by atoms with Gasteiger partial charge in [0, 0.05) is 17.8 Å². The number of non-ortho nitro benzene ring substituents is 1. The van der Waals surface area contributed by atoms with E-state index < -0.39 is 11.0 Å². The largest absolute Gasteiger partial charge is 0.497 e. The van der Waals surface area contributed by atoms with Gasteiger partial charge in [0.15, 0.2) is 4.80 Å². The van der Waals surface area contributed by atoms with Gasteiger partial charge in [-0.3, -0.25) is 24.3 Å². The maximum atomic E-state index is 14.1. The number of hydrogen-bond acceptors (Lipinski definition) is 8. The Labute approximate surface area is 267 Å². The zero-order chi connectivity index (χ0) is 32.2. The number of allylic oxidation sites excluding steroid dienone is 1. The minimum absolute atomic E-state index is 0.0139. The number of carbonyl (C=O) groups is 1. The Bertz CT molecular complexity index is 2150. The van der Waals surface area contributed by atoms with Crippen LogP contribution >= 0.6 is 11.3 Å². The molecule has 11 heteroatoms. The number of ether oxygens (including phenoxy) is 2. The molecule has 0 saturated carbocycles. The molecule has 230 valence electrons. The molecule has 0 unspecified atom stereocenters. The van der Waals surface area contributed by atoms with E-state index in [1.54, 1.807) is 55.0 Å².